The second-order valence-electron chi connectivity index (χ2n) is 2.56. The van der Waals surface area contributed by atoms with Gasteiger partial charge >= 0.3 is 0 Å². The predicted octanol–water partition coefficient (Wildman–Crippen LogP) is 0.0171. The van der Waals surface area contributed by atoms with E-state index >= 15 is 0 Å². The normalized spacial score (nSPS) is 10.4. The first-order valence-corrected chi connectivity index (χ1v) is 3.93. The van der Waals surface area contributed by atoms with Gasteiger partial charge in [-0.05, 0) is 37.6 Å². The maximum Gasteiger partial charge on any atom is 0.0192 e. The number of aromatic amines is 1. The standard InChI is InChI=1S/C8H15N3/c9-4-1-7-3-6-11-8(7)2-5-10/h3,6,11H,1-2,4-5,9-10H2. The third kappa shape index (κ3) is 2.06. The Labute approximate surface area is 66.8 Å². The first-order chi connectivity index (χ1) is 5.38. The number of nitrogens with two attached hydrogens (primary N) is 2. The average molecular weight is 153 g/mol. The minimum atomic E-state index is 0.693. The molecular formula is C8H15N3. The monoisotopic (exact) mass is 153 g/mol. The molecule has 0 aliphatic rings. The molecule has 62 valence electrons. The molecule has 0 spiro atoms. The summed E-state index contributed by atoms with van der Waals surface area (Å²) in [5, 5.41) is 0. The molecule has 1 aromatic rings. The van der Waals surface area contributed by atoms with Crippen molar-refractivity contribution in [3.63, 3.8) is 0 Å². The maximum atomic E-state index is 5.44. The molecule has 5 N–H and O–H groups in total. The quantitative estimate of drug-likeness (QED) is 0.570. The molecule has 0 aliphatic heterocycles. The average Bonchev–Trinajstić information content (AvgIpc) is 2.39. The highest BCUT2D eigenvalue weighted by atomic mass is 14.7. The Morgan fingerprint density at radius 1 is 1.18 bits per heavy atom. The molecule has 0 atom stereocenters. The van der Waals surface area contributed by atoms with Crippen molar-refractivity contribution >= 4 is 0 Å². The number of rotatable bonds is 4. The van der Waals surface area contributed by atoms with Crippen LogP contribution in [0, 0.1) is 0 Å². The molecule has 0 saturated heterocycles. The summed E-state index contributed by atoms with van der Waals surface area (Å²) in [6, 6.07) is 2.07. The predicted molar refractivity (Wildman–Crippen MR) is 46.3 cm³/mol. The fraction of sp³-hybridized carbons (Fsp3) is 0.500. The van der Waals surface area contributed by atoms with E-state index in [4.69, 9.17) is 11.5 Å². The van der Waals surface area contributed by atoms with Gasteiger partial charge in [-0.3, -0.25) is 0 Å². The maximum absolute atomic E-state index is 5.44. The third-order valence-corrected chi connectivity index (χ3v) is 1.74. The summed E-state index contributed by atoms with van der Waals surface area (Å²) in [4.78, 5) is 3.16. The molecule has 0 aromatic carbocycles. The van der Waals surface area contributed by atoms with Crippen molar-refractivity contribution in [2.24, 2.45) is 11.5 Å². The summed E-state index contributed by atoms with van der Waals surface area (Å²) < 4.78 is 0. The smallest absolute Gasteiger partial charge is 0.0192 e. The number of nitrogens with one attached hydrogen (secondary N) is 1. The summed E-state index contributed by atoms with van der Waals surface area (Å²) in [5.74, 6) is 0. The number of hydrogen-bond donors (Lipinski definition) is 3. The molecule has 0 amide bonds. The molecule has 0 bridgehead atoms. The second kappa shape index (κ2) is 4.16. The van der Waals surface area contributed by atoms with Crippen molar-refractivity contribution in [3.05, 3.63) is 23.5 Å². The van der Waals surface area contributed by atoms with Crippen LogP contribution in [0.15, 0.2) is 12.3 Å². The van der Waals surface area contributed by atoms with Crippen LogP contribution in [0.4, 0.5) is 0 Å². The lowest BCUT2D eigenvalue weighted by atomic mass is 10.1. The molecule has 1 heterocycles. The van der Waals surface area contributed by atoms with Gasteiger partial charge in [-0.15, -0.1) is 0 Å². The Morgan fingerprint density at radius 3 is 2.55 bits per heavy atom. The van der Waals surface area contributed by atoms with Crippen molar-refractivity contribution in [2.75, 3.05) is 13.1 Å². The molecule has 1 aromatic heterocycles. The van der Waals surface area contributed by atoms with Gasteiger partial charge in [0, 0.05) is 11.9 Å². The second-order valence-corrected chi connectivity index (χ2v) is 2.56. The SMILES string of the molecule is NCCc1cc[nH]c1CCN. The molecular weight excluding hydrogens is 138 g/mol. The lowest BCUT2D eigenvalue weighted by Crippen LogP contribution is -2.08. The topological polar surface area (TPSA) is 67.8 Å². The van der Waals surface area contributed by atoms with Crippen molar-refractivity contribution in [3.8, 4) is 0 Å². The van der Waals surface area contributed by atoms with Gasteiger partial charge in [0.2, 0.25) is 0 Å². The van der Waals surface area contributed by atoms with E-state index < -0.39 is 0 Å². The van der Waals surface area contributed by atoms with Crippen LogP contribution in [0.1, 0.15) is 11.3 Å². The summed E-state index contributed by atoms with van der Waals surface area (Å²) in [6.07, 6.45) is 3.80. The van der Waals surface area contributed by atoms with E-state index in [-0.39, 0.29) is 0 Å². The van der Waals surface area contributed by atoms with Crippen LogP contribution in [-0.4, -0.2) is 18.1 Å². The molecule has 1 rings (SSSR count). The van der Waals surface area contributed by atoms with Gasteiger partial charge in [0.1, 0.15) is 0 Å². The molecule has 0 radical (unpaired) electrons. The number of aromatic nitrogens is 1. The van der Waals surface area contributed by atoms with Gasteiger partial charge in [-0.2, -0.15) is 0 Å². The summed E-state index contributed by atoms with van der Waals surface area (Å²) in [7, 11) is 0. The fourth-order valence-corrected chi connectivity index (χ4v) is 1.20. The van der Waals surface area contributed by atoms with Crippen LogP contribution in [-0.2, 0) is 12.8 Å². The van der Waals surface area contributed by atoms with E-state index in [0.29, 0.717) is 13.1 Å². The van der Waals surface area contributed by atoms with E-state index in [1.54, 1.807) is 0 Å². The highest BCUT2D eigenvalue weighted by molar-refractivity contribution is 5.21. The van der Waals surface area contributed by atoms with E-state index in [9.17, 15) is 0 Å². The fourth-order valence-electron chi connectivity index (χ4n) is 1.20. The van der Waals surface area contributed by atoms with E-state index in [1.807, 2.05) is 6.20 Å². The molecule has 0 saturated carbocycles. The van der Waals surface area contributed by atoms with E-state index in [2.05, 4.69) is 11.1 Å². The first-order valence-electron chi connectivity index (χ1n) is 3.93. The van der Waals surface area contributed by atoms with Crippen LogP contribution in [0.2, 0.25) is 0 Å². The minimum absolute atomic E-state index is 0.693. The van der Waals surface area contributed by atoms with Gasteiger partial charge in [-0.25, -0.2) is 0 Å². The van der Waals surface area contributed by atoms with Crippen LogP contribution in [0.25, 0.3) is 0 Å². The summed E-state index contributed by atoms with van der Waals surface area (Å²) >= 11 is 0. The molecule has 0 fully saturated rings. The van der Waals surface area contributed by atoms with Crippen molar-refractivity contribution in [1.29, 1.82) is 0 Å². The number of H-pyrrole nitrogens is 1. The van der Waals surface area contributed by atoms with Crippen molar-refractivity contribution in [2.45, 2.75) is 12.8 Å². The largest absolute Gasteiger partial charge is 0.365 e. The van der Waals surface area contributed by atoms with Crippen LogP contribution < -0.4 is 11.5 Å². The van der Waals surface area contributed by atoms with Crippen LogP contribution in [0.3, 0.4) is 0 Å². The Hall–Kier alpha value is -0.800. The number of hydrogen-bond acceptors (Lipinski definition) is 2. The summed E-state index contributed by atoms with van der Waals surface area (Å²) in [5.41, 5.74) is 13.4. The first kappa shape index (κ1) is 8.30. The molecule has 11 heavy (non-hydrogen) atoms. The lowest BCUT2D eigenvalue weighted by molar-refractivity contribution is 0.887. The zero-order valence-electron chi connectivity index (χ0n) is 6.64. The van der Waals surface area contributed by atoms with Crippen LogP contribution >= 0.6 is 0 Å². The van der Waals surface area contributed by atoms with Crippen molar-refractivity contribution < 1.29 is 0 Å². The minimum Gasteiger partial charge on any atom is -0.365 e. The highest BCUT2D eigenvalue weighted by Crippen LogP contribution is 2.06. The molecule has 3 nitrogen and oxygen atoms in total. The Bertz CT molecular complexity index is 184. The highest BCUT2D eigenvalue weighted by Gasteiger charge is 2.00. The Morgan fingerprint density at radius 2 is 1.91 bits per heavy atom. The summed E-state index contributed by atoms with van der Waals surface area (Å²) in [6.45, 7) is 1.40. The molecule has 0 aliphatic carbocycles. The lowest BCUT2D eigenvalue weighted by Gasteiger charge is -1.99. The Balaban J connectivity index is 2.62. The van der Waals surface area contributed by atoms with Crippen molar-refractivity contribution in [1.82, 2.24) is 4.98 Å². The Kier molecular flexibility index (Phi) is 3.14. The van der Waals surface area contributed by atoms with Gasteiger partial charge in [0.05, 0.1) is 0 Å². The van der Waals surface area contributed by atoms with E-state index in [1.165, 1.54) is 11.3 Å². The van der Waals surface area contributed by atoms with Gasteiger partial charge in [-0.1, -0.05) is 0 Å². The van der Waals surface area contributed by atoms with Gasteiger partial charge < -0.3 is 16.5 Å². The third-order valence-electron chi connectivity index (χ3n) is 1.74. The zero-order chi connectivity index (χ0) is 8.10. The van der Waals surface area contributed by atoms with Crippen LogP contribution in [0.5, 0.6) is 0 Å². The molecule has 0 unspecified atom stereocenters. The van der Waals surface area contributed by atoms with Gasteiger partial charge in [0.15, 0.2) is 0 Å². The zero-order valence-corrected chi connectivity index (χ0v) is 6.64. The molecule has 3 heteroatoms. The van der Waals surface area contributed by atoms with Gasteiger partial charge in [0.25, 0.3) is 0 Å². The van der Waals surface area contributed by atoms with E-state index in [0.717, 1.165) is 12.8 Å².